The van der Waals surface area contributed by atoms with Crippen molar-refractivity contribution in [1.29, 1.82) is 0 Å². The van der Waals surface area contributed by atoms with Crippen molar-refractivity contribution in [1.82, 2.24) is 10.3 Å². The number of ether oxygens (including phenoxy) is 1. The molecule has 0 atom stereocenters. The van der Waals surface area contributed by atoms with Crippen molar-refractivity contribution >= 4 is 39.9 Å². The van der Waals surface area contributed by atoms with Gasteiger partial charge in [0.1, 0.15) is 5.75 Å². The van der Waals surface area contributed by atoms with Crippen LogP contribution in [0.3, 0.4) is 0 Å². The van der Waals surface area contributed by atoms with Gasteiger partial charge in [0.2, 0.25) is 11.8 Å². The molecule has 0 spiro atoms. The molecule has 0 bridgehead atoms. The van der Waals surface area contributed by atoms with Crippen molar-refractivity contribution in [2.45, 2.75) is 19.8 Å². The second-order valence-corrected chi connectivity index (χ2v) is 8.25. The Morgan fingerprint density at radius 2 is 1.94 bits per heavy atom. The number of rotatable bonds is 8. The topological polar surface area (TPSA) is 101 Å². The molecule has 0 radical (unpaired) electrons. The Kier molecular flexibility index (Phi) is 6.99. The molecule has 1 aromatic heterocycles. The molecule has 0 unspecified atom stereocenters. The molecule has 0 saturated carbocycles. The molecule has 1 aliphatic rings. The quantitative estimate of drug-likeness (QED) is 0.529. The summed E-state index contributed by atoms with van der Waals surface area (Å²) in [6.45, 7) is 2.97. The summed E-state index contributed by atoms with van der Waals surface area (Å²) < 4.78 is 5.64. The number of carbonyl (C=O) groups is 3. The Balaban J connectivity index is 1.31. The minimum absolute atomic E-state index is 0.0931. The molecule has 2 aromatic carbocycles. The number of para-hydroxylation sites is 1. The summed E-state index contributed by atoms with van der Waals surface area (Å²) in [6, 6.07) is 14.4. The third kappa shape index (κ3) is 5.38. The van der Waals surface area contributed by atoms with Gasteiger partial charge in [0, 0.05) is 35.2 Å². The lowest BCUT2D eigenvalue weighted by atomic mass is 10.1. The van der Waals surface area contributed by atoms with E-state index >= 15 is 0 Å². The van der Waals surface area contributed by atoms with E-state index in [1.54, 1.807) is 29.2 Å². The third-order valence-electron chi connectivity index (χ3n) is 5.14. The Bertz CT molecular complexity index is 1160. The van der Waals surface area contributed by atoms with Gasteiger partial charge in [-0.15, -0.1) is 11.3 Å². The first-order chi connectivity index (χ1) is 16.0. The summed E-state index contributed by atoms with van der Waals surface area (Å²) in [7, 11) is 0. The Labute approximate surface area is 195 Å². The van der Waals surface area contributed by atoms with Crippen molar-refractivity contribution < 1.29 is 19.1 Å². The van der Waals surface area contributed by atoms with Gasteiger partial charge in [-0.2, -0.15) is 0 Å². The summed E-state index contributed by atoms with van der Waals surface area (Å²) in [4.78, 5) is 42.7. The van der Waals surface area contributed by atoms with E-state index in [-0.39, 0.29) is 24.3 Å². The van der Waals surface area contributed by atoms with E-state index in [0.717, 1.165) is 23.4 Å². The molecule has 2 heterocycles. The highest BCUT2D eigenvalue weighted by Gasteiger charge is 2.21. The number of nitrogens with zero attached hydrogens (tertiary/aromatic N) is 2. The van der Waals surface area contributed by atoms with Crippen LogP contribution in [0.4, 0.5) is 10.8 Å². The molecule has 8 nitrogen and oxygen atoms in total. The van der Waals surface area contributed by atoms with E-state index in [9.17, 15) is 14.4 Å². The molecular weight excluding hydrogens is 440 g/mol. The number of carbonyl (C=O) groups excluding carboxylic acids is 3. The monoisotopic (exact) mass is 464 g/mol. The first kappa shape index (κ1) is 22.5. The number of thiazole rings is 1. The molecule has 1 aliphatic heterocycles. The van der Waals surface area contributed by atoms with Gasteiger partial charge in [-0.25, -0.2) is 4.98 Å². The van der Waals surface area contributed by atoms with E-state index in [4.69, 9.17) is 4.74 Å². The maximum atomic E-state index is 12.4. The molecule has 2 N–H and O–H groups in total. The molecular formula is C24H24N4O4S. The van der Waals surface area contributed by atoms with Crippen molar-refractivity contribution in [3.05, 3.63) is 59.5 Å². The smallest absolute Gasteiger partial charge is 0.251 e. The van der Waals surface area contributed by atoms with Gasteiger partial charge in [0.25, 0.3) is 5.91 Å². The standard InChI is InChI=1S/C24H24N4O4S/c1-2-32-20-7-4-3-6-18(20)19-15-33-24(26-19)27-21(29)14-25-23(31)16-9-11-17(12-10-16)28-13-5-8-22(28)30/h3-4,6-7,9-12,15H,2,5,8,13-14H2,1H3,(H,25,31)(H,26,27,29). The van der Waals surface area contributed by atoms with Crippen LogP contribution in [0.1, 0.15) is 30.1 Å². The van der Waals surface area contributed by atoms with E-state index in [0.29, 0.717) is 36.0 Å². The number of benzene rings is 2. The maximum Gasteiger partial charge on any atom is 0.251 e. The molecule has 33 heavy (non-hydrogen) atoms. The average Bonchev–Trinajstić information content (AvgIpc) is 3.47. The number of aromatic nitrogens is 1. The highest BCUT2D eigenvalue weighted by molar-refractivity contribution is 7.14. The Hall–Kier alpha value is -3.72. The van der Waals surface area contributed by atoms with E-state index in [1.807, 2.05) is 36.6 Å². The minimum atomic E-state index is -0.373. The summed E-state index contributed by atoms with van der Waals surface area (Å²) in [5, 5.41) is 7.60. The van der Waals surface area contributed by atoms with Gasteiger partial charge in [-0.3, -0.25) is 14.4 Å². The average molecular weight is 465 g/mol. The number of anilines is 2. The molecule has 3 aromatic rings. The van der Waals surface area contributed by atoms with Crippen LogP contribution >= 0.6 is 11.3 Å². The van der Waals surface area contributed by atoms with Gasteiger partial charge in [0.05, 0.1) is 18.8 Å². The fourth-order valence-electron chi connectivity index (χ4n) is 3.55. The predicted octanol–water partition coefficient (Wildman–Crippen LogP) is 3.70. The van der Waals surface area contributed by atoms with Crippen LogP contribution in [-0.4, -0.2) is 42.4 Å². The Morgan fingerprint density at radius 3 is 2.67 bits per heavy atom. The van der Waals surface area contributed by atoms with Crippen LogP contribution in [0, 0.1) is 0 Å². The maximum absolute atomic E-state index is 12.4. The predicted molar refractivity (Wildman–Crippen MR) is 128 cm³/mol. The van der Waals surface area contributed by atoms with Crippen molar-refractivity contribution in [3.8, 4) is 17.0 Å². The molecule has 0 aliphatic carbocycles. The fourth-order valence-corrected chi connectivity index (χ4v) is 4.28. The number of nitrogens with one attached hydrogen (secondary N) is 2. The summed E-state index contributed by atoms with van der Waals surface area (Å²) in [5.74, 6) is 0.0858. The zero-order valence-corrected chi connectivity index (χ0v) is 19.0. The highest BCUT2D eigenvalue weighted by Crippen LogP contribution is 2.32. The van der Waals surface area contributed by atoms with Crippen LogP contribution in [0.25, 0.3) is 11.3 Å². The van der Waals surface area contributed by atoms with Gasteiger partial charge in [0.15, 0.2) is 5.13 Å². The summed E-state index contributed by atoms with van der Waals surface area (Å²) in [5.41, 5.74) is 2.75. The minimum Gasteiger partial charge on any atom is -0.493 e. The van der Waals surface area contributed by atoms with Crippen LogP contribution in [0.5, 0.6) is 5.75 Å². The molecule has 9 heteroatoms. The zero-order chi connectivity index (χ0) is 23.2. The van der Waals surface area contributed by atoms with E-state index < -0.39 is 0 Å². The fraction of sp³-hybridized carbons (Fsp3) is 0.250. The normalized spacial score (nSPS) is 13.1. The van der Waals surface area contributed by atoms with E-state index in [1.165, 1.54) is 11.3 Å². The molecule has 1 fully saturated rings. The molecule has 3 amide bonds. The summed E-state index contributed by atoms with van der Waals surface area (Å²) in [6.07, 6.45) is 1.40. The van der Waals surface area contributed by atoms with Gasteiger partial charge >= 0.3 is 0 Å². The zero-order valence-electron chi connectivity index (χ0n) is 18.2. The highest BCUT2D eigenvalue weighted by atomic mass is 32.1. The van der Waals surface area contributed by atoms with Gasteiger partial charge in [-0.1, -0.05) is 12.1 Å². The lowest BCUT2D eigenvalue weighted by Gasteiger charge is -2.15. The summed E-state index contributed by atoms with van der Waals surface area (Å²) >= 11 is 1.30. The first-order valence-electron chi connectivity index (χ1n) is 10.7. The number of hydrogen-bond donors (Lipinski definition) is 2. The van der Waals surface area contributed by atoms with Gasteiger partial charge in [-0.05, 0) is 49.7 Å². The second kappa shape index (κ2) is 10.3. The van der Waals surface area contributed by atoms with Crippen LogP contribution in [0.2, 0.25) is 0 Å². The van der Waals surface area contributed by atoms with Crippen molar-refractivity contribution in [3.63, 3.8) is 0 Å². The number of hydrogen-bond acceptors (Lipinski definition) is 6. The Morgan fingerprint density at radius 1 is 1.15 bits per heavy atom. The molecule has 4 rings (SSSR count). The van der Waals surface area contributed by atoms with Crippen molar-refractivity contribution in [2.24, 2.45) is 0 Å². The lowest BCUT2D eigenvalue weighted by molar-refractivity contribution is -0.117. The van der Waals surface area contributed by atoms with Crippen LogP contribution in [-0.2, 0) is 9.59 Å². The molecule has 170 valence electrons. The molecule has 1 saturated heterocycles. The lowest BCUT2D eigenvalue weighted by Crippen LogP contribution is -2.32. The van der Waals surface area contributed by atoms with Gasteiger partial charge < -0.3 is 20.3 Å². The van der Waals surface area contributed by atoms with Crippen LogP contribution in [0.15, 0.2) is 53.9 Å². The number of amides is 3. The SMILES string of the molecule is CCOc1ccccc1-c1csc(NC(=O)CNC(=O)c2ccc(N3CCCC3=O)cc2)n1. The van der Waals surface area contributed by atoms with Crippen molar-refractivity contribution in [2.75, 3.05) is 29.9 Å². The third-order valence-corrected chi connectivity index (χ3v) is 5.90. The van der Waals surface area contributed by atoms with Crippen LogP contribution < -0.4 is 20.3 Å². The first-order valence-corrected chi connectivity index (χ1v) is 11.6. The largest absolute Gasteiger partial charge is 0.493 e. The van der Waals surface area contributed by atoms with E-state index in [2.05, 4.69) is 15.6 Å². The second-order valence-electron chi connectivity index (χ2n) is 7.39.